The third kappa shape index (κ3) is 2.53. The Balaban J connectivity index is 1.91. The van der Waals surface area contributed by atoms with Gasteiger partial charge in [-0.1, -0.05) is 6.42 Å². The molecule has 1 aliphatic heterocycles. The maximum Gasteiger partial charge on any atom is 0.221 e. The molecule has 0 bridgehead atoms. The molecule has 2 aromatic heterocycles. The lowest BCUT2D eigenvalue weighted by molar-refractivity contribution is 0.574. The summed E-state index contributed by atoms with van der Waals surface area (Å²) < 4.78 is 15.7. The Morgan fingerprint density at radius 2 is 2.16 bits per heavy atom. The van der Waals surface area contributed by atoms with Gasteiger partial charge in [-0.2, -0.15) is 0 Å². The van der Waals surface area contributed by atoms with Gasteiger partial charge in [0.1, 0.15) is 10.9 Å². The summed E-state index contributed by atoms with van der Waals surface area (Å²) in [5, 5.41) is 9.12. The second-order valence-electron chi connectivity index (χ2n) is 4.34. The molecule has 8 heteroatoms. The summed E-state index contributed by atoms with van der Waals surface area (Å²) in [6.45, 7) is 0.868. The van der Waals surface area contributed by atoms with E-state index in [9.17, 15) is 4.39 Å². The van der Waals surface area contributed by atoms with Crippen molar-refractivity contribution in [3.05, 3.63) is 17.8 Å². The van der Waals surface area contributed by atoms with Crippen molar-refractivity contribution in [1.29, 1.82) is 0 Å². The fourth-order valence-electron chi connectivity index (χ4n) is 2.06. The second kappa shape index (κ2) is 5.12. The van der Waals surface area contributed by atoms with Crippen LogP contribution in [0, 0.1) is 5.82 Å². The topological polar surface area (TPSA) is 82.5 Å². The van der Waals surface area contributed by atoms with Crippen molar-refractivity contribution < 1.29 is 4.39 Å². The molecule has 0 saturated heterocycles. The van der Waals surface area contributed by atoms with Gasteiger partial charge in [0.05, 0.1) is 6.20 Å². The molecule has 100 valence electrons. The maximum atomic E-state index is 13.6. The average molecular weight is 280 g/mol. The van der Waals surface area contributed by atoms with Crippen LogP contribution in [0.4, 0.5) is 10.3 Å². The van der Waals surface area contributed by atoms with Gasteiger partial charge in [-0.3, -0.25) is 0 Å². The number of rotatable bonds is 2. The van der Waals surface area contributed by atoms with Crippen molar-refractivity contribution in [3.63, 3.8) is 0 Å². The van der Waals surface area contributed by atoms with Crippen LogP contribution >= 0.6 is 11.8 Å². The zero-order chi connectivity index (χ0) is 13.2. The smallest absolute Gasteiger partial charge is 0.221 e. The summed E-state index contributed by atoms with van der Waals surface area (Å²) >= 11 is 1.14. The molecule has 0 saturated carbocycles. The number of nitrogen functional groups attached to an aromatic ring is 1. The molecule has 0 radical (unpaired) electrons. The second-order valence-corrected chi connectivity index (χ2v) is 5.30. The minimum Gasteiger partial charge on any atom is -0.368 e. The molecule has 0 aliphatic carbocycles. The van der Waals surface area contributed by atoms with E-state index in [0.717, 1.165) is 49.6 Å². The molecule has 0 atom stereocenters. The minimum absolute atomic E-state index is 0.0551. The van der Waals surface area contributed by atoms with Crippen LogP contribution in [-0.2, 0) is 13.0 Å². The quantitative estimate of drug-likeness (QED) is 0.842. The van der Waals surface area contributed by atoms with E-state index in [-0.39, 0.29) is 11.0 Å². The molecule has 6 nitrogen and oxygen atoms in total. The first kappa shape index (κ1) is 12.3. The zero-order valence-electron chi connectivity index (χ0n) is 10.2. The van der Waals surface area contributed by atoms with Crippen molar-refractivity contribution in [2.45, 2.75) is 42.4 Å². The molecule has 3 rings (SSSR count). The molecule has 2 aromatic rings. The molecule has 0 amide bonds. The van der Waals surface area contributed by atoms with Crippen molar-refractivity contribution >= 4 is 17.7 Å². The van der Waals surface area contributed by atoms with E-state index < -0.39 is 5.82 Å². The highest BCUT2D eigenvalue weighted by Gasteiger charge is 2.17. The molecule has 0 spiro atoms. The van der Waals surface area contributed by atoms with E-state index >= 15 is 0 Å². The normalized spacial score (nSPS) is 15.0. The highest BCUT2D eigenvalue weighted by molar-refractivity contribution is 7.99. The van der Waals surface area contributed by atoms with Gasteiger partial charge in [-0.15, -0.1) is 10.2 Å². The van der Waals surface area contributed by atoms with E-state index in [2.05, 4.69) is 20.2 Å². The van der Waals surface area contributed by atoms with Crippen LogP contribution in [0.5, 0.6) is 0 Å². The maximum absolute atomic E-state index is 13.6. The number of aryl methyl sites for hydroxylation is 1. The van der Waals surface area contributed by atoms with Crippen LogP contribution in [0.3, 0.4) is 0 Å². The van der Waals surface area contributed by atoms with Crippen LogP contribution in [0.25, 0.3) is 0 Å². The minimum atomic E-state index is -0.495. The number of fused-ring (bicyclic) bond motifs is 1. The SMILES string of the molecule is Nc1ncc(F)c(Sc2nnc3n2CCCCC3)n1. The van der Waals surface area contributed by atoms with E-state index in [1.54, 1.807) is 0 Å². The highest BCUT2D eigenvalue weighted by atomic mass is 32.2. The van der Waals surface area contributed by atoms with Crippen molar-refractivity contribution in [3.8, 4) is 0 Å². The molecular weight excluding hydrogens is 267 g/mol. The lowest BCUT2D eigenvalue weighted by atomic mass is 10.2. The van der Waals surface area contributed by atoms with Gasteiger partial charge in [0.25, 0.3) is 0 Å². The Morgan fingerprint density at radius 1 is 1.26 bits per heavy atom. The first-order valence-corrected chi connectivity index (χ1v) is 6.93. The van der Waals surface area contributed by atoms with Crippen LogP contribution in [-0.4, -0.2) is 24.7 Å². The fraction of sp³-hybridized carbons (Fsp3) is 0.455. The summed E-state index contributed by atoms with van der Waals surface area (Å²) in [6, 6.07) is 0. The predicted octanol–water partition coefficient (Wildman–Crippen LogP) is 1.67. The van der Waals surface area contributed by atoms with Crippen molar-refractivity contribution in [2.75, 3.05) is 5.73 Å². The van der Waals surface area contributed by atoms with E-state index in [0.29, 0.717) is 5.16 Å². The number of anilines is 1. The van der Waals surface area contributed by atoms with Crippen molar-refractivity contribution in [2.24, 2.45) is 0 Å². The number of aromatic nitrogens is 5. The van der Waals surface area contributed by atoms with Gasteiger partial charge in [0.2, 0.25) is 5.95 Å². The lowest BCUT2D eigenvalue weighted by Gasteiger charge is -2.06. The molecule has 0 unspecified atom stereocenters. The third-order valence-electron chi connectivity index (χ3n) is 2.99. The Kier molecular flexibility index (Phi) is 3.33. The number of nitrogens with zero attached hydrogens (tertiary/aromatic N) is 5. The van der Waals surface area contributed by atoms with E-state index in [1.807, 2.05) is 4.57 Å². The zero-order valence-corrected chi connectivity index (χ0v) is 11.0. The fourth-order valence-corrected chi connectivity index (χ4v) is 2.91. The van der Waals surface area contributed by atoms with Gasteiger partial charge in [0.15, 0.2) is 11.0 Å². The number of hydrogen-bond donors (Lipinski definition) is 1. The van der Waals surface area contributed by atoms with E-state index in [4.69, 9.17) is 5.73 Å². The number of halogens is 1. The summed E-state index contributed by atoms with van der Waals surface area (Å²) in [5.74, 6) is 0.520. The molecule has 3 heterocycles. The molecule has 0 aromatic carbocycles. The largest absolute Gasteiger partial charge is 0.368 e. The Morgan fingerprint density at radius 3 is 3.05 bits per heavy atom. The van der Waals surface area contributed by atoms with Crippen LogP contribution < -0.4 is 5.73 Å². The van der Waals surface area contributed by atoms with E-state index in [1.165, 1.54) is 6.42 Å². The Hall–Kier alpha value is -1.70. The number of nitrogens with two attached hydrogens (primary N) is 1. The first-order valence-electron chi connectivity index (χ1n) is 6.12. The summed E-state index contributed by atoms with van der Waals surface area (Å²) in [5.41, 5.74) is 5.47. The summed E-state index contributed by atoms with van der Waals surface area (Å²) in [7, 11) is 0. The van der Waals surface area contributed by atoms with Gasteiger partial charge in [-0.25, -0.2) is 14.4 Å². The molecular formula is C11H13FN6S. The van der Waals surface area contributed by atoms with Gasteiger partial charge < -0.3 is 10.3 Å². The standard InChI is InChI=1S/C11H13FN6S/c12-7-6-14-10(13)15-9(7)19-11-17-16-8-4-2-1-3-5-18(8)11/h6H,1-5H2,(H2,13,14,15). The summed E-state index contributed by atoms with van der Waals surface area (Å²) in [4.78, 5) is 7.50. The van der Waals surface area contributed by atoms with Crippen LogP contribution in [0.15, 0.2) is 16.4 Å². The van der Waals surface area contributed by atoms with Crippen molar-refractivity contribution in [1.82, 2.24) is 24.7 Å². The first-order chi connectivity index (χ1) is 9.24. The van der Waals surface area contributed by atoms with Crippen LogP contribution in [0.1, 0.15) is 25.1 Å². The highest BCUT2D eigenvalue weighted by Crippen LogP contribution is 2.28. The lowest BCUT2D eigenvalue weighted by Crippen LogP contribution is -2.03. The Labute approximate surface area is 113 Å². The van der Waals surface area contributed by atoms with Gasteiger partial charge in [0, 0.05) is 13.0 Å². The predicted molar refractivity (Wildman–Crippen MR) is 68.1 cm³/mol. The monoisotopic (exact) mass is 280 g/mol. The third-order valence-corrected chi connectivity index (χ3v) is 3.96. The van der Waals surface area contributed by atoms with Gasteiger partial charge in [-0.05, 0) is 24.6 Å². The van der Waals surface area contributed by atoms with Crippen LogP contribution in [0.2, 0.25) is 0 Å². The van der Waals surface area contributed by atoms with Gasteiger partial charge >= 0.3 is 0 Å². The average Bonchev–Trinajstić information content (AvgIpc) is 2.62. The molecule has 19 heavy (non-hydrogen) atoms. The Bertz CT molecular complexity index is 599. The molecule has 1 aliphatic rings. The summed E-state index contributed by atoms with van der Waals surface area (Å²) in [6.07, 6.45) is 5.39. The molecule has 2 N–H and O–H groups in total. The number of hydrogen-bond acceptors (Lipinski definition) is 6. The molecule has 0 fully saturated rings.